The van der Waals surface area contributed by atoms with Gasteiger partial charge in [0.1, 0.15) is 25.9 Å². The van der Waals surface area contributed by atoms with Gasteiger partial charge in [-0.25, -0.2) is 16.8 Å². The van der Waals surface area contributed by atoms with E-state index in [0.29, 0.717) is 28.3 Å². The predicted octanol–water partition coefficient (Wildman–Crippen LogP) is -1.60. The molecule has 0 saturated carbocycles. The van der Waals surface area contributed by atoms with Crippen molar-refractivity contribution in [2.75, 3.05) is 16.5 Å². The number of amides is 1. The van der Waals surface area contributed by atoms with Crippen molar-refractivity contribution in [1.29, 1.82) is 0 Å². The largest absolute Gasteiger partial charge is 1.00 e. The maximum atomic E-state index is 13.2. The van der Waals surface area contributed by atoms with Crippen LogP contribution < -0.4 is 75.6 Å². The summed E-state index contributed by atoms with van der Waals surface area (Å²) in [4.78, 5) is 24.6. The second-order valence-electron chi connectivity index (χ2n) is 9.44. The van der Waals surface area contributed by atoms with E-state index in [-0.39, 0.29) is 75.9 Å². The molecule has 5 rings (SSSR count). The quantitative estimate of drug-likeness (QED) is 0.0629. The fraction of sp³-hybridized carbons (Fsp3) is 0. The third-order valence-electron chi connectivity index (χ3n) is 6.30. The number of nitrogen functional groups attached to an aromatic ring is 1. The fourth-order valence-electron chi connectivity index (χ4n) is 4.07. The van der Waals surface area contributed by atoms with Crippen molar-refractivity contribution in [2.24, 2.45) is 15.3 Å². The molecule has 0 aliphatic heterocycles. The molecule has 47 heavy (non-hydrogen) atoms. The van der Waals surface area contributed by atoms with Gasteiger partial charge in [0.25, 0.3) is 5.91 Å². The van der Waals surface area contributed by atoms with Gasteiger partial charge in [0.15, 0.2) is 0 Å². The summed E-state index contributed by atoms with van der Waals surface area (Å²) in [5.41, 5.74) is 9.77. The molecule has 0 aromatic heterocycles. The summed E-state index contributed by atoms with van der Waals surface area (Å²) in [6.07, 6.45) is 1.01. The summed E-state index contributed by atoms with van der Waals surface area (Å²) in [7, 11) is -9.73. The van der Waals surface area contributed by atoms with Gasteiger partial charge in [-0.15, -0.1) is 0 Å². The van der Waals surface area contributed by atoms with Crippen LogP contribution in [0.1, 0.15) is 26.3 Å². The number of nitrogens with one attached hydrogen (secondary N) is 2. The summed E-state index contributed by atoms with van der Waals surface area (Å²) in [5, 5.41) is 14.5. The summed E-state index contributed by atoms with van der Waals surface area (Å²) in [5.74, 6) is -1.30. The van der Waals surface area contributed by atoms with Crippen LogP contribution in [0.4, 0.5) is 28.4 Å². The number of hydrogen-bond donors (Lipinski definition) is 3. The Hall–Kier alpha value is -3.55. The van der Waals surface area contributed by atoms with Crippen molar-refractivity contribution in [3.63, 3.8) is 0 Å². The van der Waals surface area contributed by atoms with E-state index in [1.54, 1.807) is 12.1 Å². The zero-order valence-corrected chi connectivity index (χ0v) is 30.4. The Morgan fingerprint density at radius 2 is 1.28 bits per heavy atom. The summed E-state index contributed by atoms with van der Waals surface area (Å²) < 4.78 is 69.4. The number of nitrogens with two attached hydrogens (primary N) is 1. The molecule has 1 aliphatic rings. The zero-order chi connectivity index (χ0) is 32.4. The van der Waals surface area contributed by atoms with E-state index >= 15 is 0 Å². The molecule has 0 spiro atoms. The number of fused-ring (bicyclic) bond motifs is 1. The number of hydrazone groups is 1. The van der Waals surface area contributed by atoms with Gasteiger partial charge in [-0.3, -0.25) is 15.0 Å². The van der Waals surface area contributed by atoms with Crippen LogP contribution in [0.2, 0.25) is 0 Å². The van der Waals surface area contributed by atoms with Crippen molar-refractivity contribution in [1.82, 2.24) is 0 Å². The molecule has 0 bridgehead atoms. The Labute approximate surface area is 313 Å². The van der Waals surface area contributed by atoms with Crippen LogP contribution in [0.25, 0.3) is 6.08 Å². The third-order valence-corrected chi connectivity index (χ3v) is 8.00. The first-order valence-electron chi connectivity index (χ1n) is 12.7. The molecule has 1 amide bonds. The first kappa shape index (κ1) is 37.9. The maximum absolute atomic E-state index is 13.2. The van der Waals surface area contributed by atoms with Crippen LogP contribution in [0.5, 0.6) is 0 Å². The number of anilines is 3. The van der Waals surface area contributed by atoms with E-state index in [4.69, 9.17) is 5.73 Å². The molecule has 4 N–H and O–H groups in total. The summed E-state index contributed by atoms with van der Waals surface area (Å²) in [6.45, 7) is 0. The average molecular weight is 691 g/mol. The standard InChI is InChI=1S/C29H22N6O8S2.2Na/c30-19-3-1-17(2-4-19)29(37)31-23-11-14-25-18(15-23)16-26(45(41,42)43)27(28(25)36)35-34-21-7-5-20(6-8-21)32-33-22-9-12-24(13-10-22)44(38,39)40;;/h1-16,34H,30H2,(H,31,37)(H,38,39,40)(H,41,42,43);;/q;2*+1/p-2/b33-32?,35-27+;;. The molecule has 18 heteroatoms. The van der Waals surface area contributed by atoms with Gasteiger partial charge in [-0.1, -0.05) is 0 Å². The fourth-order valence-corrected chi connectivity index (χ4v) is 5.18. The number of nitrogens with zero attached hydrogens (tertiary/aromatic N) is 3. The Morgan fingerprint density at radius 1 is 0.723 bits per heavy atom. The normalized spacial score (nSPS) is 13.6. The van der Waals surface area contributed by atoms with Crippen LogP contribution in [0, 0.1) is 0 Å². The van der Waals surface area contributed by atoms with Gasteiger partial charge in [0.05, 0.1) is 26.9 Å². The van der Waals surface area contributed by atoms with Gasteiger partial charge >= 0.3 is 59.1 Å². The van der Waals surface area contributed by atoms with E-state index in [2.05, 4.69) is 26.1 Å². The number of benzene rings is 4. The van der Waals surface area contributed by atoms with Gasteiger partial charge in [0, 0.05) is 22.5 Å². The molecule has 14 nitrogen and oxygen atoms in total. The van der Waals surface area contributed by atoms with Gasteiger partial charge < -0.3 is 20.2 Å². The van der Waals surface area contributed by atoms with Crippen LogP contribution in [0.15, 0.2) is 116 Å². The van der Waals surface area contributed by atoms with Gasteiger partial charge in [-0.05, 0) is 103 Å². The molecule has 1 aliphatic carbocycles. The molecular weight excluding hydrogens is 670 g/mol. The second kappa shape index (κ2) is 15.6. The minimum Gasteiger partial charge on any atom is -0.744 e. The number of carbonyl (C=O) groups is 2. The molecular formula is C29H20N6Na2O8S2. The topological polar surface area (TPSA) is 236 Å². The Bertz CT molecular complexity index is 2140. The molecule has 228 valence electrons. The van der Waals surface area contributed by atoms with Crippen molar-refractivity contribution < 1.29 is 94.6 Å². The van der Waals surface area contributed by atoms with E-state index in [1.807, 2.05) is 0 Å². The second-order valence-corrected chi connectivity index (χ2v) is 12.2. The van der Waals surface area contributed by atoms with Crippen LogP contribution in [-0.4, -0.2) is 43.3 Å². The third kappa shape index (κ3) is 9.51. The molecule has 0 atom stereocenters. The summed E-state index contributed by atoms with van der Waals surface area (Å²) >= 11 is 0. The smallest absolute Gasteiger partial charge is 0.744 e. The minimum atomic E-state index is -5.15. The average Bonchev–Trinajstić information content (AvgIpc) is 2.99. The molecule has 0 saturated heterocycles. The van der Waals surface area contributed by atoms with Crippen molar-refractivity contribution in [3.8, 4) is 0 Å². The first-order valence-corrected chi connectivity index (χ1v) is 15.5. The maximum Gasteiger partial charge on any atom is 1.00 e. The Balaban J connectivity index is 0.00000300. The number of ketones is 1. The van der Waals surface area contributed by atoms with Crippen molar-refractivity contribution in [2.45, 2.75) is 4.90 Å². The van der Waals surface area contributed by atoms with E-state index in [9.17, 15) is 35.5 Å². The molecule has 0 unspecified atom stereocenters. The summed E-state index contributed by atoms with van der Waals surface area (Å²) in [6, 6.07) is 21.2. The van der Waals surface area contributed by atoms with Gasteiger partial charge in [-0.2, -0.15) is 15.3 Å². The molecule has 0 heterocycles. The van der Waals surface area contributed by atoms with E-state index in [1.165, 1.54) is 66.7 Å². The zero-order valence-electron chi connectivity index (χ0n) is 24.7. The Morgan fingerprint density at radius 3 is 1.83 bits per heavy atom. The molecule has 0 radical (unpaired) electrons. The monoisotopic (exact) mass is 690 g/mol. The Kier molecular flexibility index (Phi) is 12.6. The number of Topliss-reactive ketones (excluding diaryl/α,β-unsaturated/α-hetero) is 1. The molecule has 4 aromatic rings. The number of allylic oxidation sites excluding steroid dienone is 1. The van der Waals surface area contributed by atoms with Crippen LogP contribution in [-0.2, 0) is 20.2 Å². The molecule has 0 fully saturated rings. The number of azo groups is 1. The van der Waals surface area contributed by atoms with Crippen molar-refractivity contribution >= 4 is 72.2 Å². The number of rotatable bonds is 8. The minimum absolute atomic E-state index is 0. The SMILES string of the molecule is Nc1ccc(C(=O)Nc2ccc3c(c2)C=C(S(=O)(=O)[O-])/C(=N\Nc2ccc(N=Nc4ccc(S(=O)(=O)[O-])cc4)cc2)C3=O)cc1.[Na+].[Na+]. The van der Waals surface area contributed by atoms with E-state index < -0.39 is 47.4 Å². The number of hydrogen-bond acceptors (Lipinski definition) is 13. The molecule has 4 aromatic carbocycles. The first-order chi connectivity index (χ1) is 21.3. The predicted molar refractivity (Wildman–Crippen MR) is 163 cm³/mol. The van der Waals surface area contributed by atoms with Gasteiger partial charge in [0.2, 0.25) is 5.78 Å². The van der Waals surface area contributed by atoms with Crippen molar-refractivity contribution in [3.05, 3.63) is 113 Å². The number of carbonyl (C=O) groups excluding carboxylic acids is 2. The van der Waals surface area contributed by atoms with Crippen LogP contribution >= 0.6 is 0 Å². The van der Waals surface area contributed by atoms with E-state index in [0.717, 1.165) is 18.2 Å². The van der Waals surface area contributed by atoms with Crippen LogP contribution in [0.3, 0.4) is 0 Å².